The van der Waals surface area contributed by atoms with E-state index in [1.165, 1.54) is 16.5 Å². The van der Waals surface area contributed by atoms with Gasteiger partial charge in [0.2, 0.25) is 0 Å². The second-order valence-electron chi connectivity index (χ2n) is 7.60. The average molecular weight is 455 g/mol. The number of amides is 1. The van der Waals surface area contributed by atoms with E-state index < -0.39 is 0 Å². The summed E-state index contributed by atoms with van der Waals surface area (Å²) in [5.41, 5.74) is 2.79. The fourth-order valence-corrected chi connectivity index (χ4v) is 6.72. The highest BCUT2D eigenvalue weighted by molar-refractivity contribution is 7.98. The van der Waals surface area contributed by atoms with Crippen molar-refractivity contribution in [2.24, 2.45) is 0 Å². The first-order valence-corrected chi connectivity index (χ1v) is 12.2. The summed E-state index contributed by atoms with van der Waals surface area (Å²) in [6.45, 7) is 2.26. The van der Waals surface area contributed by atoms with Crippen LogP contribution in [0, 0.1) is 10.1 Å². The molecular weight excluding hydrogens is 432 g/mol. The molecule has 0 N–H and O–H groups in total. The summed E-state index contributed by atoms with van der Waals surface area (Å²) < 4.78 is 2.05. The molecule has 0 saturated carbocycles. The average Bonchev–Trinajstić information content (AvgIpc) is 3.46. The number of para-hydroxylation sites is 2. The Morgan fingerprint density at radius 3 is 2.52 bits per heavy atom. The summed E-state index contributed by atoms with van der Waals surface area (Å²) >= 11 is 3.64. The summed E-state index contributed by atoms with van der Waals surface area (Å²) in [5.74, 6) is 2.09. The SMILES string of the molecule is O=C(c1c(-n2cccc2)sc2c1CCSC2)N1CCN(c2ccccc2[N+](=O)[O-])CC1. The second kappa shape index (κ2) is 8.39. The molecule has 1 saturated heterocycles. The Bertz CT molecular complexity index is 1120. The third-order valence-corrected chi connectivity index (χ3v) is 8.25. The van der Waals surface area contributed by atoms with Gasteiger partial charge in [-0.05, 0) is 35.9 Å². The van der Waals surface area contributed by atoms with Crippen LogP contribution in [0.2, 0.25) is 0 Å². The molecule has 31 heavy (non-hydrogen) atoms. The number of benzene rings is 1. The molecule has 0 spiro atoms. The van der Waals surface area contributed by atoms with Gasteiger partial charge in [0.05, 0.1) is 10.5 Å². The van der Waals surface area contributed by atoms with E-state index in [1.54, 1.807) is 23.5 Å². The lowest BCUT2D eigenvalue weighted by molar-refractivity contribution is -0.384. The van der Waals surface area contributed by atoms with Gasteiger partial charge in [-0.25, -0.2) is 0 Å². The number of carbonyl (C=O) groups is 1. The predicted octanol–water partition coefficient (Wildman–Crippen LogP) is 4.20. The Balaban J connectivity index is 1.39. The maximum Gasteiger partial charge on any atom is 0.292 e. The molecule has 2 aliphatic rings. The van der Waals surface area contributed by atoms with Gasteiger partial charge in [-0.3, -0.25) is 14.9 Å². The fourth-order valence-electron chi connectivity index (χ4n) is 4.28. The number of nitro benzene ring substituents is 1. The van der Waals surface area contributed by atoms with Crippen LogP contribution in [0.3, 0.4) is 0 Å². The first-order valence-electron chi connectivity index (χ1n) is 10.3. The first-order chi connectivity index (χ1) is 15.1. The highest BCUT2D eigenvalue weighted by Crippen LogP contribution is 2.39. The van der Waals surface area contributed by atoms with Crippen LogP contribution < -0.4 is 4.90 Å². The van der Waals surface area contributed by atoms with Crippen molar-refractivity contribution >= 4 is 40.4 Å². The summed E-state index contributed by atoms with van der Waals surface area (Å²) in [6, 6.07) is 10.8. The number of carbonyl (C=O) groups excluding carboxylic acids is 1. The molecule has 0 atom stereocenters. The van der Waals surface area contributed by atoms with Crippen molar-refractivity contribution in [1.82, 2.24) is 9.47 Å². The maximum atomic E-state index is 13.7. The lowest BCUT2D eigenvalue weighted by atomic mass is 10.1. The van der Waals surface area contributed by atoms with Gasteiger partial charge in [-0.1, -0.05) is 12.1 Å². The van der Waals surface area contributed by atoms with E-state index in [2.05, 4.69) is 0 Å². The molecule has 1 amide bonds. The van der Waals surface area contributed by atoms with Crippen molar-refractivity contribution in [2.75, 3.05) is 36.8 Å². The minimum absolute atomic E-state index is 0.0790. The molecule has 0 radical (unpaired) electrons. The summed E-state index contributed by atoms with van der Waals surface area (Å²) in [7, 11) is 0. The number of piperazine rings is 1. The van der Waals surface area contributed by atoms with E-state index in [4.69, 9.17) is 0 Å². The number of thiophene rings is 1. The highest BCUT2D eigenvalue weighted by atomic mass is 32.2. The predicted molar refractivity (Wildman–Crippen MR) is 125 cm³/mol. The smallest absolute Gasteiger partial charge is 0.292 e. The summed E-state index contributed by atoms with van der Waals surface area (Å²) in [6.07, 6.45) is 4.91. The van der Waals surface area contributed by atoms with Gasteiger partial charge in [0, 0.05) is 55.3 Å². The van der Waals surface area contributed by atoms with E-state index in [0.717, 1.165) is 28.5 Å². The lowest BCUT2D eigenvalue weighted by Crippen LogP contribution is -2.49. The number of nitrogens with zero attached hydrogens (tertiary/aromatic N) is 4. The van der Waals surface area contributed by atoms with Crippen molar-refractivity contribution in [3.05, 3.63) is 74.9 Å². The number of aromatic nitrogens is 1. The minimum atomic E-state index is -0.341. The molecule has 0 bridgehead atoms. The molecule has 0 unspecified atom stereocenters. The lowest BCUT2D eigenvalue weighted by Gasteiger charge is -2.36. The number of fused-ring (bicyclic) bond motifs is 1. The van der Waals surface area contributed by atoms with Crippen molar-refractivity contribution in [3.63, 3.8) is 0 Å². The van der Waals surface area contributed by atoms with Crippen LogP contribution >= 0.6 is 23.1 Å². The van der Waals surface area contributed by atoms with Gasteiger partial charge >= 0.3 is 0 Å². The first kappa shape index (κ1) is 20.1. The van der Waals surface area contributed by atoms with Crippen LogP contribution in [0.15, 0.2) is 48.8 Å². The van der Waals surface area contributed by atoms with E-state index >= 15 is 0 Å². The van der Waals surface area contributed by atoms with Crippen molar-refractivity contribution in [1.29, 1.82) is 0 Å². The van der Waals surface area contributed by atoms with Crippen LogP contribution in [-0.2, 0) is 12.2 Å². The number of thioether (sulfide) groups is 1. The van der Waals surface area contributed by atoms with Gasteiger partial charge in [-0.2, -0.15) is 11.8 Å². The molecule has 1 aromatic carbocycles. The standard InChI is InChI=1S/C22H22N4O3S2/c27-21(20-16-7-14-30-15-19(16)31-22(20)25-8-3-4-9-25)24-12-10-23(11-13-24)17-5-1-2-6-18(17)26(28)29/h1-6,8-9H,7,10-15H2. The zero-order valence-corrected chi connectivity index (χ0v) is 18.5. The molecular formula is C22H22N4O3S2. The van der Waals surface area contributed by atoms with E-state index in [0.29, 0.717) is 31.9 Å². The van der Waals surface area contributed by atoms with E-state index in [9.17, 15) is 14.9 Å². The van der Waals surface area contributed by atoms with Gasteiger partial charge in [0.15, 0.2) is 0 Å². The van der Waals surface area contributed by atoms with Gasteiger partial charge < -0.3 is 14.4 Å². The number of nitro groups is 1. The fraction of sp³-hybridized carbons (Fsp3) is 0.318. The van der Waals surface area contributed by atoms with Gasteiger partial charge in [-0.15, -0.1) is 11.3 Å². The quantitative estimate of drug-likeness (QED) is 0.436. The molecule has 2 aliphatic heterocycles. The second-order valence-corrected chi connectivity index (χ2v) is 9.79. The zero-order valence-electron chi connectivity index (χ0n) is 16.9. The molecule has 9 heteroatoms. The maximum absolute atomic E-state index is 13.7. The van der Waals surface area contributed by atoms with Crippen molar-refractivity contribution in [2.45, 2.75) is 12.2 Å². The van der Waals surface area contributed by atoms with Crippen molar-refractivity contribution < 1.29 is 9.72 Å². The van der Waals surface area contributed by atoms with Crippen LogP contribution in [0.4, 0.5) is 11.4 Å². The molecule has 5 rings (SSSR count). The largest absolute Gasteiger partial charge is 0.362 e. The zero-order chi connectivity index (χ0) is 21.4. The normalized spacial score (nSPS) is 16.3. The van der Waals surface area contributed by atoms with Crippen LogP contribution in [0.25, 0.3) is 5.00 Å². The number of anilines is 1. The Kier molecular flexibility index (Phi) is 5.45. The van der Waals surface area contributed by atoms with Crippen LogP contribution in [0.1, 0.15) is 20.8 Å². The van der Waals surface area contributed by atoms with Crippen molar-refractivity contribution in [3.8, 4) is 5.00 Å². The summed E-state index contributed by atoms with van der Waals surface area (Å²) in [4.78, 5) is 29.9. The van der Waals surface area contributed by atoms with E-state index in [1.807, 2.05) is 56.7 Å². The molecule has 7 nitrogen and oxygen atoms in total. The minimum Gasteiger partial charge on any atom is -0.362 e. The van der Waals surface area contributed by atoms with Gasteiger partial charge in [0.25, 0.3) is 11.6 Å². The molecule has 1 fully saturated rings. The number of hydrogen-bond acceptors (Lipinski definition) is 6. The Morgan fingerprint density at radius 2 is 1.77 bits per heavy atom. The molecule has 0 aliphatic carbocycles. The third kappa shape index (κ3) is 3.72. The van der Waals surface area contributed by atoms with Gasteiger partial charge in [0.1, 0.15) is 10.7 Å². The molecule has 2 aromatic heterocycles. The van der Waals surface area contributed by atoms with E-state index in [-0.39, 0.29) is 16.5 Å². The Morgan fingerprint density at radius 1 is 1.03 bits per heavy atom. The molecule has 4 heterocycles. The number of hydrogen-bond donors (Lipinski definition) is 0. The third-order valence-electron chi connectivity index (χ3n) is 5.84. The summed E-state index contributed by atoms with van der Waals surface area (Å²) in [5, 5.41) is 12.4. The molecule has 160 valence electrons. The number of rotatable bonds is 4. The monoisotopic (exact) mass is 454 g/mol. The molecule has 3 aromatic rings. The van der Waals surface area contributed by atoms with Crippen LogP contribution in [0.5, 0.6) is 0 Å². The Hall–Kier alpha value is -2.78. The Labute approximate surface area is 188 Å². The highest BCUT2D eigenvalue weighted by Gasteiger charge is 2.32. The topological polar surface area (TPSA) is 71.6 Å². The van der Waals surface area contributed by atoms with Crippen LogP contribution in [-0.4, -0.2) is 52.2 Å².